The van der Waals surface area contributed by atoms with Gasteiger partial charge in [-0.05, 0) is 30.9 Å². The van der Waals surface area contributed by atoms with Gasteiger partial charge in [-0.1, -0.05) is 28.1 Å². The Hall–Kier alpha value is -1.36. The lowest BCUT2D eigenvalue weighted by atomic mass is 9.96. The Morgan fingerprint density at radius 1 is 1.12 bits per heavy atom. The van der Waals surface area contributed by atoms with Crippen LogP contribution >= 0.6 is 15.9 Å². The van der Waals surface area contributed by atoms with Gasteiger partial charge in [-0.25, -0.2) is 0 Å². The Balaban J connectivity index is 3.07. The maximum absolute atomic E-state index is 11.4. The second-order valence-corrected chi connectivity index (χ2v) is 4.51. The highest BCUT2D eigenvalue weighted by Gasteiger charge is 2.16. The molecular formula is C12H15BrN2O2. The standard InChI is InChI=1S/C12H15BrN2O2/c13-7-2-1-4-8-5-3-6-9(11(14)16)10(8)12(15)17/h3,5-6H,1-2,4,7H2,(H2,14,16)(H2,15,17). The third-order valence-electron chi connectivity index (χ3n) is 2.49. The van der Waals surface area contributed by atoms with E-state index in [2.05, 4.69) is 15.9 Å². The van der Waals surface area contributed by atoms with Crippen LogP contribution in [-0.4, -0.2) is 17.1 Å². The molecule has 0 spiro atoms. The summed E-state index contributed by atoms with van der Waals surface area (Å²) in [5.74, 6) is -1.23. The Bertz CT molecular complexity index is 433. The van der Waals surface area contributed by atoms with E-state index in [0.29, 0.717) is 6.42 Å². The first-order valence-electron chi connectivity index (χ1n) is 5.35. The summed E-state index contributed by atoms with van der Waals surface area (Å²) >= 11 is 3.34. The second kappa shape index (κ2) is 6.39. The van der Waals surface area contributed by atoms with Crippen molar-refractivity contribution >= 4 is 27.7 Å². The summed E-state index contributed by atoms with van der Waals surface area (Å²) in [5.41, 5.74) is 11.8. The largest absolute Gasteiger partial charge is 0.366 e. The topological polar surface area (TPSA) is 86.2 Å². The van der Waals surface area contributed by atoms with Crippen LogP contribution in [0.3, 0.4) is 0 Å². The summed E-state index contributed by atoms with van der Waals surface area (Å²) in [6.45, 7) is 0. The number of unbranched alkanes of at least 4 members (excludes halogenated alkanes) is 1. The van der Waals surface area contributed by atoms with Crippen LogP contribution in [0.1, 0.15) is 39.1 Å². The summed E-state index contributed by atoms with van der Waals surface area (Å²) in [6.07, 6.45) is 2.64. The fourth-order valence-corrected chi connectivity index (χ4v) is 2.11. The zero-order chi connectivity index (χ0) is 12.8. The molecule has 0 saturated heterocycles. The first-order valence-corrected chi connectivity index (χ1v) is 6.47. The predicted molar refractivity (Wildman–Crippen MR) is 70.2 cm³/mol. The lowest BCUT2D eigenvalue weighted by molar-refractivity contribution is 0.0966. The molecule has 0 aliphatic carbocycles. The number of halogens is 1. The van der Waals surface area contributed by atoms with Crippen LogP contribution in [0.4, 0.5) is 0 Å². The Morgan fingerprint density at radius 2 is 1.82 bits per heavy atom. The van der Waals surface area contributed by atoms with Crippen LogP contribution < -0.4 is 11.5 Å². The van der Waals surface area contributed by atoms with Gasteiger partial charge >= 0.3 is 0 Å². The normalized spacial score (nSPS) is 10.2. The number of nitrogens with two attached hydrogens (primary N) is 2. The number of alkyl halides is 1. The molecule has 92 valence electrons. The number of hydrogen-bond acceptors (Lipinski definition) is 2. The molecule has 0 radical (unpaired) electrons. The van der Waals surface area contributed by atoms with Gasteiger partial charge in [0.15, 0.2) is 0 Å². The van der Waals surface area contributed by atoms with E-state index < -0.39 is 11.8 Å². The molecule has 17 heavy (non-hydrogen) atoms. The summed E-state index contributed by atoms with van der Waals surface area (Å²) in [6, 6.07) is 5.05. The van der Waals surface area contributed by atoms with E-state index in [9.17, 15) is 9.59 Å². The number of carbonyl (C=O) groups is 2. The van der Waals surface area contributed by atoms with E-state index in [4.69, 9.17) is 11.5 Å². The van der Waals surface area contributed by atoms with Crippen LogP contribution in [0.2, 0.25) is 0 Å². The molecule has 5 heteroatoms. The van der Waals surface area contributed by atoms with Crippen molar-refractivity contribution in [1.82, 2.24) is 0 Å². The van der Waals surface area contributed by atoms with Gasteiger partial charge < -0.3 is 11.5 Å². The first kappa shape index (κ1) is 13.7. The molecular weight excluding hydrogens is 284 g/mol. The molecule has 0 heterocycles. The maximum Gasteiger partial charge on any atom is 0.249 e. The van der Waals surface area contributed by atoms with E-state index in [0.717, 1.165) is 23.7 Å². The van der Waals surface area contributed by atoms with Gasteiger partial charge in [0.05, 0.1) is 11.1 Å². The van der Waals surface area contributed by atoms with Crippen molar-refractivity contribution in [2.75, 3.05) is 5.33 Å². The zero-order valence-electron chi connectivity index (χ0n) is 9.41. The number of hydrogen-bond donors (Lipinski definition) is 2. The third-order valence-corrected chi connectivity index (χ3v) is 3.05. The highest BCUT2D eigenvalue weighted by molar-refractivity contribution is 9.09. The Labute approximate surface area is 108 Å². The van der Waals surface area contributed by atoms with Crippen LogP contribution in [0.15, 0.2) is 18.2 Å². The molecule has 1 rings (SSSR count). The maximum atomic E-state index is 11.4. The van der Waals surface area contributed by atoms with Crippen LogP contribution in [0, 0.1) is 0 Å². The fraction of sp³-hybridized carbons (Fsp3) is 0.333. The number of rotatable bonds is 6. The van der Waals surface area contributed by atoms with Crippen molar-refractivity contribution in [3.63, 3.8) is 0 Å². The minimum absolute atomic E-state index is 0.203. The van der Waals surface area contributed by atoms with E-state index >= 15 is 0 Å². The molecule has 1 aromatic rings. The van der Waals surface area contributed by atoms with E-state index in [1.54, 1.807) is 12.1 Å². The van der Waals surface area contributed by atoms with Crippen LogP contribution in [0.5, 0.6) is 0 Å². The van der Waals surface area contributed by atoms with Gasteiger partial charge in [0.2, 0.25) is 11.8 Å². The second-order valence-electron chi connectivity index (χ2n) is 3.71. The van der Waals surface area contributed by atoms with E-state index in [1.165, 1.54) is 6.07 Å². The molecule has 0 aliphatic heterocycles. The highest BCUT2D eigenvalue weighted by Crippen LogP contribution is 2.17. The Morgan fingerprint density at radius 3 is 2.35 bits per heavy atom. The average molecular weight is 299 g/mol. The fourth-order valence-electron chi connectivity index (χ4n) is 1.71. The summed E-state index contributed by atoms with van der Waals surface area (Å²) in [5, 5.41) is 0.911. The quantitative estimate of drug-likeness (QED) is 0.617. The number of amides is 2. The average Bonchev–Trinajstić information content (AvgIpc) is 2.28. The molecule has 0 aliphatic rings. The molecule has 0 unspecified atom stereocenters. The van der Waals surface area contributed by atoms with E-state index in [1.807, 2.05) is 0 Å². The van der Waals surface area contributed by atoms with Gasteiger partial charge in [0, 0.05) is 5.33 Å². The molecule has 4 N–H and O–H groups in total. The zero-order valence-corrected chi connectivity index (χ0v) is 11.0. The van der Waals surface area contributed by atoms with Crippen molar-refractivity contribution in [2.24, 2.45) is 11.5 Å². The smallest absolute Gasteiger partial charge is 0.249 e. The molecule has 2 amide bonds. The van der Waals surface area contributed by atoms with Crippen LogP contribution in [0.25, 0.3) is 0 Å². The third kappa shape index (κ3) is 3.56. The van der Waals surface area contributed by atoms with Crippen molar-refractivity contribution < 1.29 is 9.59 Å². The molecule has 0 bridgehead atoms. The van der Waals surface area contributed by atoms with Crippen molar-refractivity contribution in [3.8, 4) is 0 Å². The van der Waals surface area contributed by atoms with Gasteiger partial charge in [-0.2, -0.15) is 0 Å². The van der Waals surface area contributed by atoms with Crippen molar-refractivity contribution in [1.29, 1.82) is 0 Å². The number of benzene rings is 1. The van der Waals surface area contributed by atoms with E-state index in [-0.39, 0.29) is 11.1 Å². The molecule has 1 aromatic carbocycles. The predicted octanol–water partition coefficient (Wildman–Crippen LogP) is 1.60. The van der Waals surface area contributed by atoms with Gasteiger partial charge in [0.1, 0.15) is 0 Å². The SMILES string of the molecule is NC(=O)c1cccc(CCCCBr)c1C(N)=O. The molecule has 0 aromatic heterocycles. The van der Waals surface area contributed by atoms with Crippen LogP contribution in [-0.2, 0) is 6.42 Å². The lowest BCUT2D eigenvalue weighted by Gasteiger charge is -2.09. The minimum Gasteiger partial charge on any atom is -0.366 e. The summed E-state index contributed by atoms with van der Waals surface area (Å²) in [4.78, 5) is 22.6. The Kier molecular flexibility index (Phi) is 5.15. The number of primary amides is 2. The summed E-state index contributed by atoms with van der Waals surface area (Å²) < 4.78 is 0. The minimum atomic E-state index is -0.624. The monoisotopic (exact) mass is 298 g/mol. The van der Waals surface area contributed by atoms with Gasteiger partial charge in [0.25, 0.3) is 0 Å². The van der Waals surface area contributed by atoms with Gasteiger partial charge in [-0.3, -0.25) is 9.59 Å². The molecule has 0 saturated carbocycles. The first-order chi connectivity index (χ1) is 8.07. The molecule has 0 atom stereocenters. The van der Waals surface area contributed by atoms with Crippen molar-refractivity contribution in [2.45, 2.75) is 19.3 Å². The summed E-state index contributed by atoms with van der Waals surface area (Å²) in [7, 11) is 0. The number of carbonyl (C=O) groups excluding carboxylic acids is 2. The molecule has 4 nitrogen and oxygen atoms in total. The van der Waals surface area contributed by atoms with Gasteiger partial charge in [-0.15, -0.1) is 0 Å². The molecule has 0 fully saturated rings. The highest BCUT2D eigenvalue weighted by atomic mass is 79.9. The number of aryl methyl sites for hydroxylation is 1. The van der Waals surface area contributed by atoms with Crippen molar-refractivity contribution in [3.05, 3.63) is 34.9 Å². The lowest BCUT2D eigenvalue weighted by Crippen LogP contribution is -2.22.